The van der Waals surface area contributed by atoms with E-state index in [4.69, 9.17) is 11.6 Å². The zero-order chi connectivity index (χ0) is 19.8. The normalized spacial score (nSPS) is 29.0. The van der Waals surface area contributed by atoms with Gasteiger partial charge in [-0.05, 0) is 37.1 Å². The average molecular weight is 398 g/mol. The van der Waals surface area contributed by atoms with Crippen molar-refractivity contribution in [2.75, 3.05) is 13.6 Å². The molecular weight excluding hydrogens is 378 g/mol. The number of imide groups is 1. The summed E-state index contributed by atoms with van der Waals surface area (Å²) in [6.07, 6.45) is 3.89. The predicted molar refractivity (Wildman–Crippen MR) is 102 cm³/mol. The largest absolute Gasteiger partial charge is 0.368 e. The van der Waals surface area contributed by atoms with Crippen molar-refractivity contribution in [2.45, 2.75) is 31.7 Å². The second-order valence-electron chi connectivity index (χ2n) is 7.37. The number of allylic oxidation sites excluding steroid dienone is 1. The number of hydrogen-bond acceptors (Lipinski definition) is 6. The Balaban J connectivity index is 1.79. The third kappa shape index (κ3) is 2.98. The van der Waals surface area contributed by atoms with Crippen molar-refractivity contribution in [2.24, 2.45) is 22.1 Å². The van der Waals surface area contributed by atoms with Crippen LogP contribution in [0.15, 0.2) is 45.9 Å². The minimum atomic E-state index is -0.639. The fraction of sp³-hybridized carbons (Fsp3) is 0.450. The molecule has 7 nitrogen and oxygen atoms in total. The van der Waals surface area contributed by atoms with E-state index in [1.807, 2.05) is 0 Å². The Morgan fingerprint density at radius 2 is 1.93 bits per heavy atom. The lowest BCUT2D eigenvalue weighted by Gasteiger charge is -2.28. The monoisotopic (exact) mass is 397 g/mol. The number of halogens is 1. The molecule has 0 N–H and O–H groups in total. The highest BCUT2D eigenvalue weighted by Gasteiger charge is 2.59. The van der Waals surface area contributed by atoms with Crippen molar-refractivity contribution in [1.29, 1.82) is 5.26 Å². The summed E-state index contributed by atoms with van der Waals surface area (Å²) in [4.78, 5) is 28.8. The Morgan fingerprint density at radius 3 is 2.64 bits per heavy atom. The Morgan fingerprint density at radius 1 is 1.18 bits per heavy atom. The molecule has 3 fully saturated rings. The zero-order valence-corrected chi connectivity index (χ0v) is 16.3. The van der Waals surface area contributed by atoms with Crippen molar-refractivity contribution >= 4 is 29.1 Å². The van der Waals surface area contributed by atoms with Crippen LogP contribution < -0.4 is 0 Å². The quantitative estimate of drug-likeness (QED) is 0.432. The molecule has 0 saturated carbocycles. The van der Waals surface area contributed by atoms with Gasteiger partial charge >= 0.3 is 0 Å². The van der Waals surface area contributed by atoms with Crippen LogP contribution in [0, 0.1) is 23.2 Å². The number of benzene rings is 1. The fourth-order valence-electron chi connectivity index (χ4n) is 4.53. The first-order valence-corrected chi connectivity index (χ1v) is 9.80. The highest BCUT2D eigenvalue weighted by atomic mass is 35.5. The number of likely N-dealkylation sites (tertiary alicyclic amines) is 1. The second-order valence-corrected chi connectivity index (χ2v) is 7.81. The Hall–Kier alpha value is -2.72. The summed E-state index contributed by atoms with van der Waals surface area (Å²) in [5.74, 6) is -1.49. The first-order valence-electron chi connectivity index (χ1n) is 9.42. The maximum Gasteiger partial charge on any atom is 0.238 e. The van der Waals surface area contributed by atoms with Crippen LogP contribution in [-0.2, 0) is 9.59 Å². The van der Waals surface area contributed by atoms with Crippen LogP contribution in [0.1, 0.15) is 25.7 Å². The van der Waals surface area contributed by atoms with Gasteiger partial charge in [-0.1, -0.05) is 24.4 Å². The summed E-state index contributed by atoms with van der Waals surface area (Å²) in [7, 11) is 1.52. The summed E-state index contributed by atoms with van der Waals surface area (Å²) >= 11 is 5.89. The maximum absolute atomic E-state index is 12.8. The lowest BCUT2D eigenvalue weighted by molar-refractivity contribution is -0.139. The molecule has 0 unspecified atom stereocenters. The molecule has 8 heteroatoms. The van der Waals surface area contributed by atoms with Crippen LogP contribution in [0.2, 0.25) is 5.02 Å². The predicted octanol–water partition coefficient (Wildman–Crippen LogP) is 3.65. The number of nitrogens with zero attached hydrogens (tertiary/aromatic N) is 5. The molecule has 144 valence electrons. The van der Waals surface area contributed by atoms with Gasteiger partial charge in [-0.25, -0.2) is 0 Å². The van der Waals surface area contributed by atoms with Gasteiger partial charge < -0.3 is 4.90 Å². The van der Waals surface area contributed by atoms with Crippen LogP contribution in [0.25, 0.3) is 0 Å². The molecule has 1 aromatic rings. The SMILES string of the molecule is CN1C(=O)[C@@H]2[C@H](C1=O)/C(=C(\C#N)N=Nc1ccc(Cl)cc1)N1CCCCC[C@H]21. The number of nitriles is 1. The molecule has 3 atom stereocenters. The summed E-state index contributed by atoms with van der Waals surface area (Å²) in [5, 5.41) is 18.7. The van der Waals surface area contributed by atoms with Gasteiger partial charge in [0.15, 0.2) is 5.70 Å². The number of fused-ring (bicyclic) bond motifs is 3. The van der Waals surface area contributed by atoms with Crippen molar-refractivity contribution in [1.82, 2.24) is 9.80 Å². The average Bonchev–Trinajstić information content (AvgIpc) is 2.98. The first-order chi connectivity index (χ1) is 13.5. The number of amides is 2. The molecule has 0 aromatic heterocycles. The van der Waals surface area contributed by atoms with Crippen LogP contribution in [0.3, 0.4) is 0 Å². The van der Waals surface area contributed by atoms with E-state index in [9.17, 15) is 14.9 Å². The second kappa shape index (κ2) is 7.36. The van der Waals surface area contributed by atoms with Gasteiger partial charge in [0.25, 0.3) is 0 Å². The molecule has 4 rings (SSSR count). The van der Waals surface area contributed by atoms with E-state index >= 15 is 0 Å². The third-order valence-electron chi connectivity index (χ3n) is 5.83. The van der Waals surface area contributed by atoms with E-state index < -0.39 is 11.8 Å². The Kier molecular flexibility index (Phi) is 4.90. The number of rotatable bonds is 2. The van der Waals surface area contributed by atoms with Crippen molar-refractivity contribution < 1.29 is 9.59 Å². The lowest BCUT2D eigenvalue weighted by Crippen LogP contribution is -2.38. The standard InChI is InChI=1S/C20H20ClN5O2/c1-25-19(27)16-15-5-3-2-4-10-26(15)18(17(16)20(25)28)14(11-22)24-23-13-8-6-12(21)7-9-13/h6-9,15-17H,2-5,10H2,1H3/b18-14-,24-23?/t15-,16+,17+/m1/s1. The molecular formula is C20H20ClN5O2. The fourth-order valence-corrected chi connectivity index (χ4v) is 4.65. The molecule has 0 spiro atoms. The highest BCUT2D eigenvalue weighted by molar-refractivity contribution is 6.30. The molecule has 1 aromatic carbocycles. The molecule has 3 saturated heterocycles. The van der Waals surface area contributed by atoms with E-state index in [-0.39, 0.29) is 23.6 Å². The summed E-state index contributed by atoms with van der Waals surface area (Å²) in [6.45, 7) is 0.721. The number of carbonyl (C=O) groups excluding carboxylic acids is 2. The van der Waals surface area contributed by atoms with E-state index in [0.29, 0.717) is 16.4 Å². The summed E-state index contributed by atoms with van der Waals surface area (Å²) in [6, 6.07) is 8.85. The van der Waals surface area contributed by atoms with Crippen molar-refractivity contribution in [3.05, 3.63) is 40.7 Å². The first kappa shape index (κ1) is 18.6. The van der Waals surface area contributed by atoms with Gasteiger partial charge in [0.1, 0.15) is 6.07 Å². The molecule has 0 radical (unpaired) electrons. The molecule has 2 amide bonds. The Bertz CT molecular complexity index is 918. The summed E-state index contributed by atoms with van der Waals surface area (Å²) in [5.41, 5.74) is 1.22. The minimum absolute atomic E-state index is 0.0574. The van der Waals surface area contributed by atoms with E-state index in [2.05, 4.69) is 21.2 Å². The molecule has 3 aliphatic rings. The van der Waals surface area contributed by atoms with Crippen LogP contribution in [-0.4, -0.2) is 41.2 Å². The highest BCUT2D eigenvalue weighted by Crippen LogP contribution is 2.48. The van der Waals surface area contributed by atoms with Crippen LogP contribution in [0.4, 0.5) is 5.69 Å². The van der Waals surface area contributed by atoms with Gasteiger partial charge in [-0.3, -0.25) is 14.5 Å². The van der Waals surface area contributed by atoms with Gasteiger partial charge in [-0.15, -0.1) is 10.2 Å². The number of hydrogen-bond donors (Lipinski definition) is 0. The van der Waals surface area contributed by atoms with E-state index in [1.165, 1.54) is 11.9 Å². The smallest absolute Gasteiger partial charge is 0.238 e. The topological polar surface area (TPSA) is 89.1 Å². The van der Waals surface area contributed by atoms with Gasteiger partial charge in [0.2, 0.25) is 11.8 Å². The van der Waals surface area contributed by atoms with E-state index in [0.717, 1.165) is 32.2 Å². The maximum atomic E-state index is 12.8. The third-order valence-corrected chi connectivity index (χ3v) is 6.08. The van der Waals surface area contributed by atoms with Gasteiger partial charge in [-0.2, -0.15) is 5.26 Å². The summed E-state index contributed by atoms with van der Waals surface area (Å²) < 4.78 is 0. The number of azo groups is 1. The molecule has 0 bridgehead atoms. The van der Waals surface area contributed by atoms with E-state index in [1.54, 1.807) is 24.3 Å². The molecule has 3 heterocycles. The van der Waals surface area contributed by atoms with Crippen LogP contribution in [0.5, 0.6) is 0 Å². The minimum Gasteiger partial charge on any atom is -0.368 e. The zero-order valence-electron chi connectivity index (χ0n) is 15.5. The molecule has 3 aliphatic heterocycles. The number of carbonyl (C=O) groups is 2. The van der Waals surface area contributed by atoms with Gasteiger partial charge in [0, 0.05) is 24.7 Å². The lowest BCUT2D eigenvalue weighted by atomic mass is 9.89. The van der Waals surface area contributed by atoms with Gasteiger partial charge in [0.05, 0.1) is 23.2 Å². The van der Waals surface area contributed by atoms with Crippen LogP contribution >= 0.6 is 11.6 Å². The Labute approximate surface area is 168 Å². The molecule has 28 heavy (non-hydrogen) atoms. The molecule has 0 aliphatic carbocycles. The van der Waals surface area contributed by atoms with Crippen molar-refractivity contribution in [3.8, 4) is 6.07 Å². The van der Waals surface area contributed by atoms with Crippen molar-refractivity contribution in [3.63, 3.8) is 0 Å².